The van der Waals surface area contributed by atoms with Crippen LogP contribution in [0.2, 0.25) is 0 Å². The van der Waals surface area contributed by atoms with Gasteiger partial charge in [-0.3, -0.25) is 0 Å². The monoisotopic (exact) mass is 240 g/mol. The highest BCUT2D eigenvalue weighted by Crippen LogP contribution is 2.30. The molecule has 0 aromatic rings. The van der Waals surface area contributed by atoms with Gasteiger partial charge in [-0.25, -0.2) is 0 Å². The lowest BCUT2D eigenvalue weighted by molar-refractivity contribution is 0.0799. The van der Waals surface area contributed by atoms with E-state index in [1.165, 1.54) is 32.5 Å². The molecule has 1 heterocycles. The van der Waals surface area contributed by atoms with Crippen LogP contribution in [-0.2, 0) is 0 Å². The summed E-state index contributed by atoms with van der Waals surface area (Å²) in [4.78, 5) is 2.66. The second kappa shape index (κ2) is 5.71. The van der Waals surface area contributed by atoms with Crippen molar-refractivity contribution in [2.75, 3.05) is 26.2 Å². The molecule has 17 heavy (non-hydrogen) atoms. The first-order valence-corrected chi connectivity index (χ1v) is 7.16. The van der Waals surface area contributed by atoms with Gasteiger partial charge in [0.05, 0.1) is 0 Å². The Morgan fingerprint density at radius 2 is 1.94 bits per heavy atom. The van der Waals surface area contributed by atoms with E-state index < -0.39 is 0 Å². The quantitative estimate of drug-likeness (QED) is 0.794. The minimum absolute atomic E-state index is 0.373. The normalized spacial score (nSPS) is 22.1. The highest BCUT2D eigenvalue weighted by Gasteiger charge is 2.29. The molecule has 1 rings (SSSR count). The third-order valence-electron chi connectivity index (χ3n) is 3.62. The van der Waals surface area contributed by atoms with Gasteiger partial charge in [0.15, 0.2) is 0 Å². The van der Waals surface area contributed by atoms with E-state index in [0.717, 1.165) is 6.54 Å². The van der Waals surface area contributed by atoms with Gasteiger partial charge in [-0.05, 0) is 30.2 Å². The zero-order valence-corrected chi connectivity index (χ0v) is 12.8. The van der Waals surface area contributed by atoms with Gasteiger partial charge in [-0.1, -0.05) is 41.5 Å². The van der Waals surface area contributed by atoms with Crippen LogP contribution in [0.4, 0.5) is 0 Å². The van der Waals surface area contributed by atoms with E-state index >= 15 is 0 Å². The molecule has 0 radical (unpaired) electrons. The highest BCUT2D eigenvalue weighted by atomic mass is 15.1. The number of nitrogens with zero attached hydrogens (tertiary/aromatic N) is 1. The van der Waals surface area contributed by atoms with E-state index in [4.69, 9.17) is 0 Å². The molecule has 0 saturated carbocycles. The third-order valence-corrected chi connectivity index (χ3v) is 3.62. The van der Waals surface area contributed by atoms with Crippen molar-refractivity contribution >= 4 is 0 Å². The maximum absolute atomic E-state index is 3.57. The number of rotatable bonds is 5. The smallest absolute Gasteiger partial charge is 0.00451 e. The van der Waals surface area contributed by atoms with Gasteiger partial charge in [-0.15, -0.1) is 0 Å². The van der Waals surface area contributed by atoms with Crippen LogP contribution in [0, 0.1) is 10.8 Å². The van der Waals surface area contributed by atoms with Crippen molar-refractivity contribution in [3.05, 3.63) is 0 Å². The van der Waals surface area contributed by atoms with E-state index in [1.807, 2.05) is 0 Å². The van der Waals surface area contributed by atoms with Gasteiger partial charge in [0.2, 0.25) is 0 Å². The summed E-state index contributed by atoms with van der Waals surface area (Å²) in [5, 5.41) is 3.57. The summed E-state index contributed by atoms with van der Waals surface area (Å²) in [7, 11) is 0. The molecule has 0 aromatic carbocycles. The molecule has 0 aromatic heterocycles. The lowest BCUT2D eigenvalue weighted by Gasteiger charge is -2.42. The van der Waals surface area contributed by atoms with Crippen LogP contribution in [0.3, 0.4) is 0 Å². The molecule has 0 atom stereocenters. The molecule has 0 unspecified atom stereocenters. The largest absolute Gasteiger partial charge is 0.314 e. The van der Waals surface area contributed by atoms with Crippen LogP contribution < -0.4 is 5.32 Å². The number of likely N-dealkylation sites (tertiary alicyclic amines) is 1. The van der Waals surface area contributed by atoms with Gasteiger partial charge in [-0.2, -0.15) is 0 Å². The molecule has 2 heteroatoms. The Kier molecular flexibility index (Phi) is 5.03. The maximum atomic E-state index is 3.57. The van der Waals surface area contributed by atoms with Crippen LogP contribution in [0.1, 0.15) is 54.4 Å². The molecule has 1 aliphatic heterocycles. The number of hydrogen-bond donors (Lipinski definition) is 1. The molecular formula is C15H32N2. The van der Waals surface area contributed by atoms with Gasteiger partial charge in [0.1, 0.15) is 0 Å². The lowest BCUT2D eigenvalue weighted by atomic mass is 9.82. The zero-order chi connectivity index (χ0) is 13.1. The molecule has 0 aliphatic carbocycles. The summed E-state index contributed by atoms with van der Waals surface area (Å²) in [6.07, 6.45) is 2.74. The Morgan fingerprint density at radius 3 is 2.47 bits per heavy atom. The minimum atomic E-state index is 0.373. The second-order valence-electron chi connectivity index (χ2n) is 7.68. The third kappa shape index (κ3) is 5.87. The summed E-state index contributed by atoms with van der Waals surface area (Å²) in [6.45, 7) is 18.9. The molecule has 1 saturated heterocycles. The fraction of sp³-hybridized carbons (Fsp3) is 1.00. The lowest BCUT2D eigenvalue weighted by Crippen LogP contribution is -2.47. The molecular weight excluding hydrogens is 208 g/mol. The molecule has 1 fully saturated rings. The molecule has 0 bridgehead atoms. The first-order chi connectivity index (χ1) is 7.70. The van der Waals surface area contributed by atoms with Crippen molar-refractivity contribution in [1.29, 1.82) is 0 Å². The van der Waals surface area contributed by atoms with E-state index in [0.29, 0.717) is 16.9 Å². The summed E-state index contributed by atoms with van der Waals surface area (Å²) < 4.78 is 0. The Morgan fingerprint density at radius 1 is 1.29 bits per heavy atom. The van der Waals surface area contributed by atoms with E-state index in [9.17, 15) is 0 Å². The maximum Gasteiger partial charge on any atom is 0.00451 e. The van der Waals surface area contributed by atoms with Crippen molar-refractivity contribution in [2.45, 2.75) is 60.4 Å². The van der Waals surface area contributed by atoms with E-state index in [2.05, 4.69) is 51.8 Å². The van der Waals surface area contributed by atoms with Gasteiger partial charge in [0, 0.05) is 25.7 Å². The summed E-state index contributed by atoms with van der Waals surface area (Å²) in [5.41, 5.74) is 0.886. The van der Waals surface area contributed by atoms with Crippen LogP contribution in [0.15, 0.2) is 0 Å². The average Bonchev–Trinajstić information content (AvgIpc) is 2.12. The standard InChI is InChI=1S/C15H32N2/c1-13(2)16-10-15(5,6)12-17-9-7-8-14(3,4)11-17/h13,16H,7-12H2,1-6H3. The van der Waals surface area contributed by atoms with Crippen LogP contribution in [0.5, 0.6) is 0 Å². The van der Waals surface area contributed by atoms with Crippen LogP contribution >= 0.6 is 0 Å². The Hall–Kier alpha value is -0.0800. The summed E-state index contributed by atoms with van der Waals surface area (Å²) in [6, 6.07) is 0.590. The fourth-order valence-electron chi connectivity index (χ4n) is 2.82. The average molecular weight is 240 g/mol. The Labute approximate surface area is 108 Å². The summed E-state index contributed by atoms with van der Waals surface area (Å²) in [5.74, 6) is 0. The van der Waals surface area contributed by atoms with E-state index in [1.54, 1.807) is 0 Å². The number of nitrogens with one attached hydrogen (secondary N) is 1. The first-order valence-electron chi connectivity index (χ1n) is 7.16. The molecule has 0 amide bonds. The van der Waals surface area contributed by atoms with Gasteiger partial charge in [0.25, 0.3) is 0 Å². The van der Waals surface area contributed by atoms with Crippen molar-refractivity contribution < 1.29 is 0 Å². The predicted octanol–water partition coefficient (Wildman–Crippen LogP) is 3.13. The van der Waals surface area contributed by atoms with Crippen molar-refractivity contribution in [1.82, 2.24) is 10.2 Å². The SMILES string of the molecule is CC(C)NCC(C)(C)CN1CCCC(C)(C)C1. The summed E-state index contributed by atoms with van der Waals surface area (Å²) >= 11 is 0. The molecule has 1 aliphatic rings. The number of hydrogen-bond acceptors (Lipinski definition) is 2. The van der Waals surface area contributed by atoms with Gasteiger partial charge < -0.3 is 10.2 Å². The topological polar surface area (TPSA) is 15.3 Å². The molecule has 2 nitrogen and oxygen atoms in total. The zero-order valence-electron chi connectivity index (χ0n) is 12.8. The minimum Gasteiger partial charge on any atom is -0.314 e. The van der Waals surface area contributed by atoms with Crippen molar-refractivity contribution in [3.8, 4) is 0 Å². The van der Waals surface area contributed by atoms with Crippen LogP contribution in [0.25, 0.3) is 0 Å². The van der Waals surface area contributed by atoms with Crippen molar-refractivity contribution in [2.24, 2.45) is 10.8 Å². The molecule has 1 N–H and O–H groups in total. The van der Waals surface area contributed by atoms with Gasteiger partial charge >= 0.3 is 0 Å². The second-order valence-corrected chi connectivity index (χ2v) is 7.68. The Bertz CT molecular complexity index is 231. The van der Waals surface area contributed by atoms with E-state index in [-0.39, 0.29) is 0 Å². The van der Waals surface area contributed by atoms with Crippen LogP contribution in [-0.4, -0.2) is 37.1 Å². The number of piperidine rings is 1. The molecule has 0 spiro atoms. The first kappa shape index (κ1) is 15.0. The fourth-order valence-corrected chi connectivity index (χ4v) is 2.82. The molecule has 102 valence electrons. The highest BCUT2D eigenvalue weighted by molar-refractivity contribution is 4.84. The van der Waals surface area contributed by atoms with Crippen molar-refractivity contribution in [3.63, 3.8) is 0 Å². The Balaban J connectivity index is 2.41. The predicted molar refractivity (Wildman–Crippen MR) is 76.4 cm³/mol.